The molecule has 4 rings (SSSR count). The Morgan fingerprint density at radius 3 is 2.33 bits per heavy atom. The number of carbonyl (C=O) groups excluding carboxylic acids is 1. The van der Waals surface area contributed by atoms with Crippen molar-refractivity contribution in [2.75, 3.05) is 4.90 Å². The highest BCUT2D eigenvalue weighted by Crippen LogP contribution is 2.42. The third kappa shape index (κ3) is 3.28. The minimum atomic E-state index is -1.87. The Morgan fingerprint density at radius 2 is 1.63 bits per heavy atom. The molecule has 1 heterocycles. The topological polar surface area (TPSA) is 40.5 Å². The molecule has 4 heteroatoms. The second-order valence-corrected chi connectivity index (χ2v) is 7.28. The van der Waals surface area contributed by atoms with Gasteiger partial charge < -0.3 is 10.0 Å². The van der Waals surface area contributed by atoms with Gasteiger partial charge in [-0.15, -0.1) is 0 Å². The molecule has 0 aromatic heterocycles. The maximum atomic E-state index is 13.2. The number of aliphatic hydroxyl groups is 1. The zero-order chi connectivity index (χ0) is 18.9. The van der Waals surface area contributed by atoms with Crippen LogP contribution in [0.15, 0.2) is 83.3 Å². The molecule has 0 saturated carbocycles. The molecule has 0 spiro atoms. The van der Waals surface area contributed by atoms with E-state index in [9.17, 15) is 9.90 Å². The van der Waals surface area contributed by atoms with E-state index in [1.54, 1.807) is 11.0 Å². The number of hydrogen-bond acceptors (Lipinski definition) is 2. The average molecular weight is 418 g/mol. The molecule has 3 nitrogen and oxygen atoms in total. The lowest BCUT2D eigenvalue weighted by Gasteiger charge is -2.19. The fourth-order valence-electron chi connectivity index (χ4n) is 3.18. The first-order valence-corrected chi connectivity index (χ1v) is 9.34. The Balaban J connectivity index is 1.78. The van der Waals surface area contributed by atoms with E-state index in [2.05, 4.69) is 27.8 Å². The number of carbonyl (C=O) groups is 1. The van der Waals surface area contributed by atoms with Crippen LogP contribution in [0.4, 0.5) is 5.69 Å². The van der Waals surface area contributed by atoms with Gasteiger partial charge in [0.15, 0.2) is 0 Å². The lowest BCUT2D eigenvalue weighted by molar-refractivity contribution is -0.130. The van der Waals surface area contributed by atoms with E-state index in [-0.39, 0.29) is 0 Å². The summed E-state index contributed by atoms with van der Waals surface area (Å²) in [5.41, 5.74) is 1.04. The van der Waals surface area contributed by atoms with Gasteiger partial charge in [0.2, 0.25) is 5.60 Å². The first-order valence-electron chi connectivity index (χ1n) is 8.54. The SMILES string of the molecule is O=C1N(Cc2ccccc2)c2ccc(Br)cc2C1(O)C#Cc1ccccc1. The summed E-state index contributed by atoms with van der Waals surface area (Å²) in [5.74, 6) is 5.33. The zero-order valence-electron chi connectivity index (χ0n) is 14.4. The van der Waals surface area contributed by atoms with Crippen molar-refractivity contribution in [3.05, 3.63) is 100 Å². The van der Waals surface area contributed by atoms with Crippen LogP contribution in [0.3, 0.4) is 0 Å². The van der Waals surface area contributed by atoms with E-state index in [0.717, 1.165) is 15.6 Å². The maximum absolute atomic E-state index is 13.2. The average Bonchev–Trinajstić information content (AvgIpc) is 2.90. The molecule has 132 valence electrons. The van der Waals surface area contributed by atoms with Crippen LogP contribution in [0.1, 0.15) is 16.7 Å². The van der Waals surface area contributed by atoms with Crippen LogP contribution < -0.4 is 4.90 Å². The van der Waals surface area contributed by atoms with Gasteiger partial charge in [0, 0.05) is 15.6 Å². The van der Waals surface area contributed by atoms with Crippen molar-refractivity contribution in [1.29, 1.82) is 0 Å². The van der Waals surface area contributed by atoms with E-state index in [1.165, 1.54) is 0 Å². The first-order chi connectivity index (χ1) is 13.1. The molecule has 0 aliphatic carbocycles. The molecule has 0 radical (unpaired) electrons. The third-order valence-electron chi connectivity index (χ3n) is 4.54. The predicted octanol–water partition coefficient (Wildman–Crippen LogP) is 4.24. The summed E-state index contributed by atoms with van der Waals surface area (Å²) in [6.07, 6.45) is 0. The molecule has 0 bridgehead atoms. The molecule has 1 atom stereocenters. The van der Waals surface area contributed by atoms with Crippen LogP contribution in [0, 0.1) is 11.8 Å². The molecule has 0 saturated heterocycles. The standard InChI is InChI=1S/C23H16BrNO2/c24-19-11-12-21-20(15-19)23(27,14-13-17-7-3-1-4-8-17)22(26)25(21)16-18-9-5-2-6-10-18/h1-12,15,27H,16H2. The predicted molar refractivity (Wildman–Crippen MR) is 109 cm³/mol. The summed E-state index contributed by atoms with van der Waals surface area (Å²) in [7, 11) is 0. The first kappa shape index (κ1) is 17.5. The summed E-state index contributed by atoms with van der Waals surface area (Å²) in [6, 6.07) is 24.5. The number of hydrogen-bond donors (Lipinski definition) is 1. The molecule has 3 aromatic rings. The summed E-state index contributed by atoms with van der Waals surface area (Å²) in [4.78, 5) is 14.8. The minimum absolute atomic E-state index is 0.379. The zero-order valence-corrected chi connectivity index (χ0v) is 16.0. The van der Waals surface area contributed by atoms with E-state index >= 15 is 0 Å². The van der Waals surface area contributed by atoms with Crippen molar-refractivity contribution in [3.8, 4) is 11.8 Å². The van der Waals surface area contributed by atoms with Crippen LogP contribution >= 0.6 is 15.9 Å². The fourth-order valence-corrected chi connectivity index (χ4v) is 3.54. The van der Waals surface area contributed by atoms with Crippen LogP contribution in [-0.4, -0.2) is 11.0 Å². The number of benzene rings is 3. The highest BCUT2D eigenvalue weighted by Gasteiger charge is 2.49. The van der Waals surface area contributed by atoms with Crippen LogP contribution in [0.2, 0.25) is 0 Å². The molecule has 1 N–H and O–H groups in total. The van der Waals surface area contributed by atoms with Gasteiger partial charge in [0.1, 0.15) is 0 Å². The largest absolute Gasteiger partial charge is 0.366 e. The number of fused-ring (bicyclic) bond motifs is 1. The Morgan fingerprint density at radius 1 is 0.963 bits per heavy atom. The Hall–Kier alpha value is -2.87. The summed E-state index contributed by atoms with van der Waals surface area (Å²) < 4.78 is 0.788. The molecule has 27 heavy (non-hydrogen) atoms. The van der Waals surface area contributed by atoms with Crippen LogP contribution in [0.5, 0.6) is 0 Å². The van der Waals surface area contributed by atoms with Gasteiger partial charge in [0.05, 0.1) is 12.2 Å². The van der Waals surface area contributed by atoms with Crippen molar-refractivity contribution < 1.29 is 9.90 Å². The lowest BCUT2D eigenvalue weighted by Crippen LogP contribution is -2.39. The van der Waals surface area contributed by atoms with E-state index in [0.29, 0.717) is 17.8 Å². The number of amides is 1. The molecule has 1 aliphatic heterocycles. The molecule has 1 unspecified atom stereocenters. The van der Waals surface area contributed by atoms with Gasteiger partial charge >= 0.3 is 0 Å². The van der Waals surface area contributed by atoms with Crippen LogP contribution in [-0.2, 0) is 16.9 Å². The summed E-state index contributed by atoms with van der Waals surface area (Å²) in [6.45, 7) is 0.379. The van der Waals surface area contributed by atoms with Gasteiger partial charge in [-0.05, 0) is 41.8 Å². The second-order valence-electron chi connectivity index (χ2n) is 6.36. The molecule has 1 amide bonds. The van der Waals surface area contributed by atoms with Gasteiger partial charge in [-0.3, -0.25) is 4.79 Å². The fraction of sp³-hybridized carbons (Fsp3) is 0.0870. The minimum Gasteiger partial charge on any atom is -0.366 e. The monoisotopic (exact) mass is 417 g/mol. The number of anilines is 1. The van der Waals surface area contributed by atoms with Crippen LogP contribution in [0.25, 0.3) is 0 Å². The van der Waals surface area contributed by atoms with Gasteiger partial charge in [-0.2, -0.15) is 0 Å². The van der Waals surface area contributed by atoms with E-state index < -0.39 is 11.5 Å². The normalized spacial score (nSPS) is 18.0. The Kier molecular flexibility index (Phi) is 4.57. The third-order valence-corrected chi connectivity index (χ3v) is 5.03. The molecule has 1 aliphatic rings. The van der Waals surface area contributed by atoms with Gasteiger partial charge in [-0.25, -0.2) is 0 Å². The highest BCUT2D eigenvalue weighted by molar-refractivity contribution is 9.10. The summed E-state index contributed by atoms with van der Waals surface area (Å²) >= 11 is 3.43. The number of halogens is 1. The van der Waals surface area contributed by atoms with E-state index in [1.807, 2.05) is 72.8 Å². The molecular weight excluding hydrogens is 402 g/mol. The molecule has 0 fully saturated rings. The van der Waals surface area contributed by atoms with Crippen molar-refractivity contribution >= 4 is 27.5 Å². The van der Waals surface area contributed by atoms with Gasteiger partial charge in [-0.1, -0.05) is 70.4 Å². The number of rotatable bonds is 2. The maximum Gasteiger partial charge on any atom is 0.276 e. The lowest BCUT2D eigenvalue weighted by atomic mass is 9.95. The summed E-state index contributed by atoms with van der Waals surface area (Å²) in [5, 5.41) is 11.3. The van der Waals surface area contributed by atoms with Gasteiger partial charge in [0.25, 0.3) is 5.91 Å². The second kappa shape index (κ2) is 7.03. The van der Waals surface area contributed by atoms with Crippen molar-refractivity contribution in [2.45, 2.75) is 12.1 Å². The van der Waals surface area contributed by atoms with Crippen molar-refractivity contribution in [3.63, 3.8) is 0 Å². The quantitative estimate of drug-likeness (QED) is 0.633. The highest BCUT2D eigenvalue weighted by atomic mass is 79.9. The Labute approximate surface area is 166 Å². The molecular formula is C23H16BrNO2. The number of nitrogens with zero attached hydrogens (tertiary/aromatic N) is 1. The van der Waals surface area contributed by atoms with Crippen molar-refractivity contribution in [2.24, 2.45) is 0 Å². The van der Waals surface area contributed by atoms with Crippen molar-refractivity contribution in [1.82, 2.24) is 0 Å². The Bertz CT molecular complexity index is 1050. The van der Waals surface area contributed by atoms with E-state index in [4.69, 9.17) is 0 Å². The molecule has 3 aromatic carbocycles. The smallest absolute Gasteiger partial charge is 0.276 e.